The summed E-state index contributed by atoms with van der Waals surface area (Å²) in [6, 6.07) is -0.988. The quantitative estimate of drug-likeness (QED) is 0.0291. The van der Waals surface area contributed by atoms with Crippen molar-refractivity contribution in [3.63, 3.8) is 0 Å². The van der Waals surface area contributed by atoms with Gasteiger partial charge in [-0.25, -0.2) is 0 Å². The second kappa shape index (κ2) is 41.7. The lowest BCUT2D eigenvalue weighted by atomic mass is 9.96. The van der Waals surface area contributed by atoms with E-state index in [0.29, 0.717) is 6.42 Å². The molecule has 3 heterocycles. The predicted molar refractivity (Wildman–Crippen MR) is 291 cm³/mol. The van der Waals surface area contributed by atoms with Crippen LogP contribution >= 0.6 is 0 Å². The van der Waals surface area contributed by atoms with Crippen LogP contribution in [0.3, 0.4) is 0 Å². The van der Waals surface area contributed by atoms with Crippen molar-refractivity contribution >= 4 is 5.91 Å². The van der Waals surface area contributed by atoms with Crippen LogP contribution in [0.4, 0.5) is 0 Å². The van der Waals surface area contributed by atoms with Gasteiger partial charge < -0.3 is 89.9 Å². The summed E-state index contributed by atoms with van der Waals surface area (Å²) >= 11 is 0. The number of carbonyl (C=O) groups is 1. The summed E-state index contributed by atoms with van der Waals surface area (Å²) in [5.41, 5.74) is 0. The molecule has 0 aromatic heterocycles. The molecule has 448 valence electrons. The highest BCUT2D eigenvalue weighted by Gasteiger charge is 2.53. The number of hydrogen-bond donors (Lipinski definition) is 12. The van der Waals surface area contributed by atoms with Crippen LogP contribution in [0.15, 0.2) is 48.6 Å². The highest BCUT2D eigenvalue weighted by molar-refractivity contribution is 5.76. The van der Waals surface area contributed by atoms with Gasteiger partial charge in [-0.2, -0.15) is 0 Å². The van der Waals surface area contributed by atoms with Crippen molar-refractivity contribution in [2.45, 2.75) is 285 Å². The first kappa shape index (κ1) is 69.0. The van der Waals surface area contributed by atoms with Gasteiger partial charge in [0, 0.05) is 6.42 Å². The van der Waals surface area contributed by atoms with E-state index in [1.54, 1.807) is 6.08 Å². The molecule has 12 N–H and O–H groups in total. The first-order chi connectivity index (χ1) is 37.3. The SMILES string of the molecule is CC/C=C\C/C=C\C/C=C\CCCCCC(=O)NC(COC1OC(CO)C(OC2OC(CO)C(OC3OC(CO)C(O)C(O)C3O)C(O)C2O)C(O)C1O)C(O)/C=C/CCCCCCCCCCCCCCCCCCC. The molecular weight excluding hydrogens is 999 g/mol. The third-order valence-corrected chi connectivity index (χ3v) is 14.6. The van der Waals surface area contributed by atoms with E-state index >= 15 is 0 Å². The summed E-state index contributed by atoms with van der Waals surface area (Å²) < 4.78 is 34.2. The molecule has 0 saturated carbocycles. The Balaban J connectivity index is 1.52. The minimum absolute atomic E-state index is 0.207. The largest absolute Gasteiger partial charge is 0.394 e. The van der Waals surface area contributed by atoms with E-state index in [1.165, 1.54) is 89.9 Å². The van der Waals surface area contributed by atoms with E-state index in [0.717, 1.165) is 64.2 Å². The molecule has 0 bridgehead atoms. The Hall–Kier alpha value is -2.25. The van der Waals surface area contributed by atoms with Crippen LogP contribution in [0.25, 0.3) is 0 Å². The van der Waals surface area contributed by atoms with Gasteiger partial charge in [-0.15, -0.1) is 0 Å². The van der Waals surface area contributed by atoms with Gasteiger partial charge in [0.15, 0.2) is 18.9 Å². The molecule has 1 amide bonds. The van der Waals surface area contributed by atoms with Crippen LogP contribution in [-0.2, 0) is 33.2 Å². The minimum atomic E-state index is -1.98. The van der Waals surface area contributed by atoms with Crippen molar-refractivity contribution < 1.29 is 89.4 Å². The number of carbonyl (C=O) groups excluding carboxylic acids is 1. The Morgan fingerprint density at radius 2 is 0.896 bits per heavy atom. The third-order valence-electron chi connectivity index (χ3n) is 14.6. The molecule has 3 saturated heterocycles. The molecule has 0 aliphatic carbocycles. The van der Waals surface area contributed by atoms with E-state index in [-0.39, 0.29) is 18.9 Å². The van der Waals surface area contributed by atoms with Crippen LogP contribution in [0.2, 0.25) is 0 Å². The van der Waals surface area contributed by atoms with E-state index in [4.69, 9.17) is 28.4 Å². The Morgan fingerprint density at radius 3 is 1.40 bits per heavy atom. The average Bonchev–Trinajstić information content (AvgIpc) is 3.43. The number of unbranched alkanes of at least 4 members (excludes halogenated alkanes) is 20. The number of amides is 1. The van der Waals surface area contributed by atoms with Gasteiger partial charge in [0.05, 0.1) is 38.6 Å². The van der Waals surface area contributed by atoms with Gasteiger partial charge in [0.25, 0.3) is 0 Å². The fourth-order valence-corrected chi connectivity index (χ4v) is 9.79. The maximum Gasteiger partial charge on any atom is 0.220 e. The third kappa shape index (κ3) is 26.0. The molecule has 0 aromatic rings. The standard InChI is InChI=1S/C58H103NO18/c1-3-5-7-9-11-13-15-17-18-19-20-21-22-24-25-27-29-31-33-35-42(63)41(59-46(64)36-34-32-30-28-26-23-16-14-12-10-8-6-4-2)40-72-56-52(70)49(67)54(44(38-61)74-56)77-58-53(71)50(68)55(45(39-62)75-58)76-57-51(69)48(66)47(65)43(37-60)73-57/h6,8,12,14,23,26,33,35,41-45,47-58,60-63,65-71H,3-5,7,9-11,13,15-22,24-25,27-32,34,36-40H2,1-2H3,(H,59,64)/b8-6-,14-12-,26-23-,35-33+. The summed E-state index contributed by atoms with van der Waals surface area (Å²) in [6.45, 7) is 1.57. The fourth-order valence-electron chi connectivity index (χ4n) is 9.79. The Labute approximate surface area is 459 Å². The maximum absolute atomic E-state index is 13.3. The van der Waals surface area contributed by atoms with Gasteiger partial charge in [-0.05, 0) is 51.4 Å². The Bertz CT molecular complexity index is 1600. The predicted octanol–water partition coefficient (Wildman–Crippen LogP) is 4.70. The molecule has 3 fully saturated rings. The van der Waals surface area contributed by atoms with Crippen LogP contribution in [0.1, 0.15) is 181 Å². The summed E-state index contributed by atoms with van der Waals surface area (Å²) in [5, 5.41) is 120. The van der Waals surface area contributed by atoms with Gasteiger partial charge in [-0.3, -0.25) is 4.79 Å². The molecule has 0 radical (unpaired) electrons. The van der Waals surface area contributed by atoms with Crippen LogP contribution in [0.5, 0.6) is 0 Å². The number of rotatable bonds is 42. The number of aliphatic hydroxyl groups is 11. The van der Waals surface area contributed by atoms with Crippen LogP contribution < -0.4 is 5.32 Å². The van der Waals surface area contributed by atoms with Gasteiger partial charge in [-0.1, -0.05) is 172 Å². The molecule has 3 aliphatic heterocycles. The minimum Gasteiger partial charge on any atom is -0.394 e. The molecule has 17 unspecified atom stereocenters. The summed E-state index contributed by atoms with van der Waals surface area (Å²) in [7, 11) is 0. The Kier molecular flexibility index (Phi) is 37.4. The van der Waals surface area contributed by atoms with E-state index in [9.17, 15) is 61.0 Å². The van der Waals surface area contributed by atoms with Gasteiger partial charge >= 0.3 is 0 Å². The summed E-state index contributed by atoms with van der Waals surface area (Å²) in [4.78, 5) is 13.3. The molecule has 19 nitrogen and oxygen atoms in total. The second-order valence-corrected chi connectivity index (χ2v) is 21.1. The van der Waals surface area contributed by atoms with Crippen molar-refractivity contribution in [1.82, 2.24) is 5.32 Å². The summed E-state index contributed by atoms with van der Waals surface area (Å²) in [5.74, 6) is -0.306. The molecule has 17 atom stereocenters. The number of nitrogens with one attached hydrogen (secondary N) is 1. The zero-order valence-corrected chi connectivity index (χ0v) is 46.4. The topological polar surface area (TPSA) is 307 Å². The second-order valence-electron chi connectivity index (χ2n) is 21.1. The normalized spacial score (nSPS) is 31.1. The average molecular weight is 1100 g/mol. The van der Waals surface area contributed by atoms with Gasteiger partial charge in [0.2, 0.25) is 5.91 Å². The first-order valence-electron chi connectivity index (χ1n) is 29.4. The van der Waals surface area contributed by atoms with Crippen LogP contribution in [-0.4, -0.2) is 193 Å². The lowest BCUT2D eigenvalue weighted by Crippen LogP contribution is -2.66. The lowest BCUT2D eigenvalue weighted by molar-refractivity contribution is -0.379. The molecule has 3 aliphatic rings. The zero-order valence-electron chi connectivity index (χ0n) is 46.4. The number of allylic oxidation sites excluding steroid dienone is 7. The smallest absolute Gasteiger partial charge is 0.220 e. The molecule has 0 spiro atoms. The summed E-state index contributed by atoms with van der Waals surface area (Å²) in [6.07, 6.45) is 18.2. The highest BCUT2D eigenvalue weighted by Crippen LogP contribution is 2.33. The first-order valence-corrected chi connectivity index (χ1v) is 29.4. The van der Waals surface area contributed by atoms with Crippen molar-refractivity contribution in [2.75, 3.05) is 26.4 Å². The molecule has 0 aromatic carbocycles. The number of ether oxygens (including phenoxy) is 6. The van der Waals surface area contributed by atoms with E-state index in [2.05, 4.69) is 55.6 Å². The van der Waals surface area contributed by atoms with Crippen LogP contribution in [0, 0.1) is 0 Å². The molecule has 19 heteroatoms. The van der Waals surface area contributed by atoms with Crippen molar-refractivity contribution in [3.8, 4) is 0 Å². The Morgan fingerprint density at radius 1 is 0.481 bits per heavy atom. The number of aliphatic hydroxyl groups excluding tert-OH is 11. The number of hydrogen-bond acceptors (Lipinski definition) is 18. The molecule has 77 heavy (non-hydrogen) atoms. The molecule has 3 rings (SSSR count). The highest BCUT2D eigenvalue weighted by atomic mass is 16.8. The maximum atomic E-state index is 13.3. The molecular formula is C58H103NO18. The zero-order chi connectivity index (χ0) is 56.2. The lowest BCUT2D eigenvalue weighted by Gasteiger charge is -2.48. The van der Waals surface area contributed by atoms with E-state index < -0.39 is 124 Å². The fraction of sp³-hybridized carbons (Fsp3) is 0.845. The van der Waals surface area contributed by atoms with Crippen molar-refractivity contribution in [3.05, 3.63) is 48.6 Å². The van der Waals surface area contributed by atoms with Gasteiger partial charge in [0.1, 0.15) is 73.2 Å². The van der Waals surface area contributed by atoms with Crippen molar-refractivity contribution in [1.29, 1.82) is 0 Å². The van der Waals surface area contributed by atoms with E-state index in [1.807, 2.05) is 6.08 Å². The monoisotopic (exact) mass is 1100 g/mol. The van der Waals surface area contributed by atoms with Crippen molar-refractivity contribution in [2.24, 2.45) is 0 Å².